The predicted molar refractivity (Wildman–Crippen MR) is 62.3 cm³/mol. The van der Waals surface area contributed by atoms with E-state index in [2.05, 4.69) is 14.0 Å². The Morgan fingerprint density at radius 2 is 2.06 bits per heavy atom. The van der Waals surface area contributed by atoms with Crippen LogP contribution in [0.3, 0.4) is 0 Å². The maximum atomic E-state index is 11.3. The smallest absolute Gasteiger partial charge is 0.454 e. The number of guanidine groups is 1. The average Bonchev–Trinajstić information content (AvgIpc) is 2.16. The van der Waals surface area contributed by atoms with Gasteiger partial charge >= 0.3 is 13.7 Å². The second kappa shape index (κ2) is 7.26. The maximum absolute atomic E-state index is 11.3. The van der Waals surface area contributed by atoms with Crippen molar-refractivity contribution in [3.05, 3.63) is 0 Å². The molecule has 0 rings (SSSR count). The number of carbonyl (C=O) groups excluding carboxylic acids is 1. The van der Waals surface area contributed by atoms with Crippen molar-refractivity contribution >= 4 is 19.7 Å². The van der Waals surface area contributed by atoms with Gasteiger partial charge in [-0.3, -0.25) is 9.32 Å². The van der Waals surface area contributed by atoms with Crippen molar-refractivity contribution in [2.75, 3.05) is 26.8 Å². The fourth-order valence-electron chi connectivity index (χ4n) is 0.884. The summed E-state index contributed by atoms with van der Waals surface area (Å²) < 4.78 is 23.8. The van der Waals surface area contributed by atoms with Crippen LogP contribution in [0.4, 0.5) is 0 Å². The van der Waals surface area contributed by atoms with Crippen molar-refractivity contribution in [2.24, 2.45) is 10.5 Å². The summed E-state index contributed by atoms with van der Waals surface area (Å²) in [4.78, 5) is 21.5. The third-order valence-corrected chi connectivity index (χ3v) is 2.64. The Labute approximate surface area is 100.0 Å². The highest BCUT2D eigenvalue weighted by Gasteiger charge is 2.19. The highest BCUT2D eigenvalue weighted by atomic mass is 31.2. The zero-order valence-electron chi connectivity index (χ0n) is 10.1. The molecule has 0 aliphatic carbocycles. The van der Waals surface area contributed by atoms with Crippen LogP contribution in [0, 0.1) is 0 Å². The molecular weight excluding hydrogens is 249 g/mol. The van der Waals surface area contributed by atoms with E-state index in [1.807, 2.05) is 0 Å². The molecular formula is C8H18N3O5P. The summed E-state index contributed by atoms with van der Waals surface area (Å²) in [6, 6.07) is 0. The minimum Gasteiger partial charge on any atom is -0.465 e. The largest absolute Gasteiger partial charge is 0.465 e. The Morgan fingerprint density at radius 1 is 1.47 bits per heavy atom. The third kappa shape index (κ3) is 6.93. The van der Waals surface area contributed by atoms with Gasteiger partial charge in [-0.1, -0.05) is 0 Å². The van der Waals surface area contributed by atoms with Gasteiger partial charge in [0, 0.05) is 7.05 Å². The first-order valence-electron chi connectivity index (χ1n) is 5.02. The van der Waals surface area contributed by atoms with E-state index in [-0.39, 0.29) is 25.7 Å². The Bertz CT molecular complexity index is 333. The summed E-state index contributed by atoms with van der Waals surface area (Å²) in [7, 11) is -2.65. The van der Waals surface area contributed by atoms with Gasteiger partial charge in [0.2, 0.25) is 5.96 Å². The lowest BCUT2D eigenvalue weighted by molar-refractivity contribution is -0.143. The predicted octanol–water partition coefficient (Wildman–Crippen LogP) is -0.0671. The van der Waals surface area contributed by atoms with E-state index in [0.29, 0.717) is 0 Å². The Hall–Kier alpha value is -1.11. The van der Waals surface area contributed by atoms with Gasteiger partial charge in [-0.25, -0.2) is 4.57 Å². The van der Waals surface area contributed by atoms with Crippen LogP contribution in [0.25, 0.3) is 0 Å². The van der Waals surface area contributed by atoms with Gasteiger partial charge in [0.1, 0.15) is 6.54 Å². The second-order valence-electron chi connectivity index (χ2n) is 3.03. The monoisotopic (exact) mass is 267 g/mol. The fraction of sp³-hybridized carbons (Fsp3) is 0.750. The van der Waals surface area contributed by atoms with Crippen LogP contribution in [0.5, 0.6) is 0 Å². The van der Waals surface area contributed by atoms with E-state index in [4.69, 9.17) is 5.73 Å². The van der Waals surface area contributed by atoms with Crippen molar-refractivity contribution in [1.29, 1.82) is 0 Å². The Balaban J connectivity index is 4.48. The quantitative estimate of drug-likeness (QED) is 0.299. The van der Waals surface area contributed by atoms with Gasteiger partial charge in [-0.05, 0) is 13.8 Å². The summed E-state index contributed by atoms with van der Waals surface area (Å²) in [6.45, 7) is 3.35. The highest BCUT2D eigenvalue weighted by Crippen LogP contribution is 2.43. The van der Waals surface area contributed by atoms with Gasteiger partial charge in [-0.15, -0.1) is 4.76 Å². The molecule has 0 bridgehead atoms. The lowest BCUT2D eigenvalue weighted by Gasteiger charge is -2.17. The van der Waals surface area contributed by atoms with Gasteiger partial charge in [0.15, 0.2) is 0 Å². The maximum Gasteiger partial charge on any atom is 0.454 e. The first kappa shape index (κ1) is 15.9. The van der Waals surface area contributed by atoms with Crippen LogP contribution in [0.2, 0.25) is 0 Å². The molecule has 0 amide bonds. The number of nitrogens with zero attached hydrogens (tertiary/aromatic N) is 2. The molecule has 3 N–H and O–H groups in total. The van der Waals surface area contributed by atoms with Gasteiger partial charge < -0.3 is 20.3 Å². The molecule has 0 aliphatic heterocycles. The molecule has 100 valence electrons. The standard InChI is InChI=1S/C8H18N3O5P/c1-4-15-7(12)6-11(3)8(9)10-17(13,14)16-5-2/h4-6H2,1-3H3,(H3,9,10,13,14). The lowest BCUT2D eigenvalue weighted by atomic mass is 10.6. The third-order valence-electron chi connectivity index (χ3n) is 1.59. The van der Waals surface area contributed by atoms with Crippen LogP contribution >= 0.6 is 7.75 Å². The number of carbonyl (C=O) groups is 1. The number of nitrogens with two attached hydrogens (primary N) is 1. The van der Waals surface area contributed by atoms with Crippen molar-refractivity contribution in [1.82, 2.24) is 4.90 Å². The van der Waals surface area contributed by atoms with Gasteiger partial charge in [0.05, 0.1) is 13.2 Å². The first-order chi connectivity index (χ1) is 7.82. The van der Waals surface area contributed by atoms with E-state index in [9.17, 15) is 14.3 Å². The van der Waals surface area contributed by atoms with E-state index in [0.717, 1.165) is 0 Å². The normalized spacial score (nSPS) is 15.2. The summed E-state index contributed by atoms with van der Waals surface area (Å²) in [5.41, 5.74) is 5.43. The minimum atomic E-state index is -4.09. The zero-order valence-corrected chi connectivity index (χ0v) is 11.0. The van der Waals surface area contributed by atoms with Gasteiger partial charge in [-0.2, -0.15) is 0 Å². The second-order valence-corrected chi connectivity index (χ2v) is 4.47. The molecule has 0 heterocycles. The molecule has 1 atom stereocenters. The zero-order chi connectivity index (χ0) is 13.5. The van der Waals surface area contributed by atoms with Crippen LogP contribution in [0.15, 0.2) is 4.76 Å². The number of likely N-dealkylation sites (N-methyl/N-ethyl adjacent to an activating group) is 1. The van der Waals surface area contributed by atoms with Crippen LogP contribution in [-0.4, -0.2) is 48.5 Å². The van der Waals surface area contributed by atoms with Gasteiger partial charge in [0.25, 0.3) is 0 Å². The van der Waals surface area contributed by atoms with Crippen molar-refractivity contribution in [3.8, 4) is 0 Å². The molecule has 17 heavy (non-hydrogen) atoms. The van der Waals surface area contributed by atoms with Crippen molar-refractivity contribution < 1.29 is 23.5 Å². The summed E-state index contributed by atoms with van der Waals surface area (Å²) in [5.74, 6) is -0.769. The molecule has 0 radical (unpaired) electrons. The molecule has 0 saturated carbocycles. The van der Waals surface area contributed by atoms with Crippen LogP contribution < -0.4 is 5.73 Å². The highest BCUT2D eigenvalue weighted by molar-refractivity contribution is 7.51. The molecule has 1 unspecified atom stereocenters. The van der Waals surface area contributed by atoms with Crippen molar-refractivity contribution in [3.63, 3.8) is 0 Å². The molecule has 0 aromatic rings. The SMILES string of the molecule is CCOC(=O)CN(C)C(N)=NP(=O)(O)OCC. The van der Waals surface area contributed by atoms with E-state index < -0.39 is 13.7 Å². The van der Waals surface area contributed by atoms with E-state index >= 15 is 0 Å². The number of rotatable bonds is 6. The van der Waals surface area contributed by atoms with Crippen molar-refractivity contribution in [2.45, 2.75) is 13.8 Å². The Kier molecular flexibility index (Phi) is 6.79. The molecule has 9 heteroatoms. The number of ether oxygens (including phenoxy) is 1. The van der Waals surface area contributed by atoms with E-state index in [1.165, 1.54) is 11.9 Å². The topological polar surface area (TPSA) is 114 Å². The Morgan fingerprint density at radius 3 is 2.53 bits per heavy atom. The lowest BCUT2D eigenvalue weighted by Crippen LogP contribution is -2.38. The first-order valence-corrected chi connectivity index (χ1v) is 6.55. The van der Waals surface area contributed by atoms with Crippen LogP contribution in [0.1, 0.15) is 13.8 Å². The summed E-state index contributed by atoms with van der Waals surface area (Å²) >= 11 is 0. The average molecular weight is 267 g/mol. The molecule has 0 spiro atoms. The number of esters is 1. The number of hydrogen-bond donors (Lipinski definition) is 2. The number of hydrogen-bond acceptors (Lipinski definition) is 4. The molecule has 0 fully saturated rings. The molecule has 0 aliphatic rings. The molecule has 0 aromatic carbocycles. The summed E-state index contributed by atoms with van der Waals surface area (Å²) in [5, 5.41) is 0. The van der Waals surface area contributed by atoms with E-state index in [1.54, 1.807) is 13.8 Å². The minimum absolute atomic E-state index is 0.0339. The molecule has 0 saturated heterocycles. The summed E-state index contributed by atoms with van der Waals surface area (Å²) in [6.07, 6.45) is 0. The fourth-order valence-corrected chi connectivity index (χ4v) is 1.69. The van der Waals surface area contributed by atoms with Crippen LogP contribution in [-0.2, 0) is 18.6 Å². The molecule has 0 aromatic heterocycles. The molecule has 8 nitrogen and oxygen atoms in total.